The number of hydrogen-bond acceptors (Lipinski definition) is 4. The summed E-state index contributed by atoms with van der Waals surface area (Å²) in [6.45, 7) is 5.53. The molecule has 0 atom stereocenters. The van der Waals surface area contributed by atoms with E-state index in [2.05, 4.69) is 31.4 Å². The van der Waals surface area contributed by atoms with Gasteiger partial charge >= 0.3 is 0 Å². The third kappa shape index (κ3) is 3.19. The van der Waals surface area contributed by atoms with Crippen LogP contribution in [-0.4, -0.2) is 15.2 Å². The van der Waals surface area contributed by atoms with Crippen molar-refractivity contribution < 1.29 is 4.39 Å². The second kappa shape index (κ2) is 6.03. The highest BCUT2D eigenvalue weighted by atomic mass is 79.9. The Morgan fingerprint density at radius 3 is 2.57 bits per heavy atom. The summed E-state index contributed by atoms with van der Waals surface area (Å²) in [6, 6.07) is 3.08. The summed E-state index contributed by atoms with van der Waals surface area (Å²) in [7, 11) is 0. The Kier molecular flexibility index (Phi) is 4.53. The Bertz CT molecular complexity index is 733. The van der Waals surface area contributed by atoms with E-state index >= 15 is 0 Å². The highest BCUT2D eigenvalue weighted by molar-refractivity contribution is 9.10. The summed E-state index contributed by atoms with van der Waals surface area (Å²) in [5, 5.41) is 11.3. The Labute approximate surface area is 136 Å². The van der Waals surface area contributed by atoms with Gasteiger partial charge in [0.25, 0.3) is 0 Å². The second-order valence-corrected chi connectivity index (χ2v) is 6.00. The molecule has 0 aliphatic carbocycles. The molecule has 1 aromatic heterocycles. The topological polar surface area (TPSA) is 63.8 Å². The normalized spacial score (nSPS) is 10.5. The molecule has 2 aromatic rings. The van der Waals surface area contributed by atoms with Crippen molar-refractivity contribution in [2.24, 2.45) is 5.73 Å². The van der Waals surface area contributed by atoms with Crippen molar-refractivity contribution in [2.45, 2.75) is 20.8 Å². The fourth-order valence-electron chi connectivity index (χ4n) is 1.91. The van der Waals surface area contributed by atoms with E-state index < -0.39 is 0 Å². The number of nitrogens with one attached hydrogen (secondary N) is 1. The standard InChI is InChI=1S/C14H14BrFN4S/c1-6-4-10(16)9(15)5-11(6)18-14-12(13(17)21)7(2)8(3)19-20-14/h4-5H,1-3H3,(H2,17,21)(H,18,20). The van der Waals surface area contributed by atoms with Crippen LogP contribution in [0.3, 0.4) is 0 Å². The molecule has 3 N–H and O–H groups in total. The molecule has 0 saturated carbocycles. The molecule has 0 aliphatic rings. The number of benzene rings is 1. The molecule has 0 fully saturated rings. The molecule has 0 bridgehead atoms. The summed E-state index contributed by atoms with van der Waals surface area (Å²) in [5.41, 5.74) is 9.52. The number of thiocarbonyl (C=S) groups is 1. The minimum absolute atomic E-state index is 0.242. The van der Waals surface area contributed by atoms with Crippen molar-refractivity contribution in [3.05, 3.63) is 44.8 Å². The van der Waals surface area contributed by atoms with Gasteiger partial charge in [0.1, 0.15) is 10.8 Å². The quantitative estimate of drug-likeness (QED) is 0.809. The van der Waals surface area contributed by atoms with Crippen molar-refractivity contribution in [3.8, 4) is 0 Å². The molecule has 0 radical (unpaired) electrons. The van der Waals surface area contributed by atoms with Gasteiger partial charge in [-0.3, -0.25) is 0 Å². The van der Waals surface area contributed by atoms with Crippen LogP contribution < -0.4 is 11.1 Å². The molecule has 21 heavy (non-hydrogen) atoms. The summed E-state index contributed by atoms with van der Waals surface area (Å²) in [5.74, 6) is 0.144. The van der Waals surface area contributed by atoms with Crippen molar-refractivity contribution >= 4 is 44.6 Å². The van der Waals surface area contributed by atoms with Crippen LogP contribution in [0.15, 0.2) is 16.6 Å². The number of aromatic nitrogens is 2. The van der Waals surface area contributed by atoms with Crippen molar-refractivity contribution in [1.29, 1.82) is 0 Å². The van der Waals surface area contributed by atoms with E-state index in [1.165, 1.54) is 6.07 Å². The van der Waals surface area contributed by atoms with Gasteiger partial charge in [-0.2, -0.15) is 5.10 Å². The Balaban J connectivity index is 2.52. The maximum Gasteiger partial charge on any atom is 0.163 e. The van der Waals surface area contributed by atoms with E-state index in [0.29, 0.717) is 21.5 Å². The average molecular weight is 369 g/mol. The number of nitrogens with two attached hydrogens (primary N) is 1. The van der Waals surface area contributed by atoms with E-state index in [1.54, 1.807) is 13.0 Å². The van der Waals surface area contributed by atoms with Crippen LogP contribution in [0.4, 0.5) is 15.9 Å². The first-order valence-corrected chi connectivity index (χ1v) is 7.37. The number of halogens is 2. The number of hydrogen-bond donors (Lipinski definition) is 2. The van der Waals surface area contributed by atoms with Gasteiger partial charge in [0.05, 0.1) is 15.7 Å². The lowest BCUT2D eigenvalue weighted by molar-refractivity contribution is 0.620. The third-order valence-electron chi connectivity index (χ3n) is 3.22. The zero-order valence-corrected chi connectivity index (χ0v) is 14.2. The maximum absolute atomic E-state index is 13.5. The Morgan fingerprint density at radius 2 is 1.95 bits per heavy atom. The van der Waals surface area contributed by atoms with E-state index in [9.17, 15) is 4.39 Å². The smallest absolute Gasteiger partial charge is 0.163 e. The van der Waals surface area contributed by atoms with Crippen LogP contribution in [-0.2, 0) is 0 Å². The second-order valence-electron chi connectivity index (χ2n) is 4.70. The first kappa shape index (κ1) is 15.8. The largest absolute Gasteiger partial charge is 0.389 e. The first-order valence-electron chi connectivity index (χ1n) is 6.17. The van der Waals surface area contributed by atoms with Gasteiger partial charge in [-0.15, -0.1) is 5.10 Å². The number of anilines is 2. The SMILES string of the molecule is Cc1cc(F)c(Br)cc1Nc1nnc(C)c(C)c1C(N)=S. The van der Waals surface area contributed by atoms with E-state index in [1.807, 2.05) is 13.8 Å². The zero-order valence-electron chi connectivity index (χ0n) is 11.8. The third-order valence-corrected chi connectivity index (χ3v) is 4.03. The lowest BCUT2D eigenvalue weighted by Gasteiger charge is -2.15. The molecule has 110 valence electrons. The van der Waals surface area contributed by atoms with E-state index in [0.717, 1.165) is 16.8 Å². The Hall–Kier alpha value is -1.60. The van der Waals surface area contributed by atoms with Crippen LogP contribution in [0, 0.1) is 26.6 Å². The maximum atomic E-state index is 13.5. The number of rotatable bonds is 3. The predicted molar refractivity (Wildman–Crippen MR) is 89.5 cm³/mol. The molecule has 1 aromatic carbocycles. The van der Waals surface area contributed by atoms with Gasteiger partial charge in [0.2, 0.25) is 0 Å². The van der Waals surface area contributed by atoms with Crippen molar-refractivity contribution in [1.82, 2.24) is 10.2 Å². The zero-order chi connectivity index (χ0) is 15.7. The summed E-state index contributed by atoms with van der Waals surface area (Å²) < 4.78 is 13.8. The number of aryl methyl sites for hydroxylation is 2. The van der Waals surface area contributed by atoms with Gasteiger partial charge < -0.3 is 11.1 Å². The van der Waals surface area contributed by atoms with Crippen LogP contribution in [0.25, 0.3) is 0 Å². The van der Waals surface area contributed by atoms with Crippen LogP contribution >= 0.6 is 28.1 Å². The average Bonchev–Trinajstić information content (AvgIpc) is 2.40. The molecule has 0 spiro atoms. The molecule has 7 heteroatoms. The van der Waals surface area contributed by atoms with Gasteiger partial charge in [0, 0.05) is 5.69 Å². The lowest BCUT2D eigenvalue weighted by Crippen LogP contribution is -2.17. The van der Waals surface area contributed by atoms with Gasteiger partial charge in [-0.1, -0.05) is 12.2 Å². The number of nitrogens with zero attached hydrogens (tertiary/aromatic N) is 2. The fourth-order valence-corrected chi connectivity index (χ4v) is 2.50. The summed E-state index contributed by atoms with van der Waals surface area (Å²) in [4.78, 5) is 0.242. The Morgan fingerprint density at radius 1 is 1.29 bits per heavy atom. The van der Waals surface area contributed by atoms with Crippen molar-refractivity contribution in [3.63, 3.8) is 0 Å². The van der Waals surface area contributed by atoms with Gasteiger partial charge in [-0.05, 0) is 60.0 Å². The minimum atomic E-state index is -0.321. The lowest BCUT2D eigenvalue weighted by atomic mass is 10.1. The minimum Gasteiger partial charge on any atom is -0.389 e. The highest BCUT2D eigenvalue weighted by Gasteiger charge is 2.15. The molecule has 0 aliphatic heterocycles. The molecular weight excluding hydrogens is 355 g/mol. The van der Waals surface area contributed by atoms with Gasteiger partial charge in [0.15, 0.2) is 5.82 Å². The summed E-state index contributed by atoms with van der Waals surface area (Å²) in [6.07, 6.45) is 0. The first-order chi connectivity index (χ1) is 9.81. The molecule has 0 unspecified atom stereocenters. The highest BCUT2D eigenvalue weighted by Crippen LogP contribution is 2.28. The molecule has 0 amide bonds. The molecule has 0 saturated heterocycles. The van der Waals surface area contributed by atoms with Crippen LogP contribution in [0.2, 0.25) is 0 Å². The monoisotopic (exact) mass is 368 g/mol. The fraction of sp³-hybridized carbons (Fsp3) is 0.214. The summed E-state index contributed by atoms with van der Waals surface area (Å²) >= 11 is 8.26. The van der Waals surface area contributed by atoms with E-state index in [-0.39, 0.29) is 10.8 Å². The molecular formula is C14H14BrFN4S. The van der Waals surface area contributed by atoms with E-state index in [4.69, 9.17) is 18.0 Å². The predicted octanol–water partition coefficient (Wildman–Crippen LogP) is 3.68. The van der Waals surface area contributed by atoms with Crippen molar-refractivity contribution in [2.75, 3.05) is 5.32 Å². The van der Waals surface area contributed by atoms with Crippen LogP contribution in [0.1, 0.15) is 22.4 Å². The van der Waals surface area contributed by atoms with Crippen LogP contribution in [0.5, 0.6) is 0 Å². The molecule has 1 heterocycles. The van der Waals surface area contributed by atoms with Gasteiger partial charge in [-0.25, -0.2) is 4.39 Å². The molecule has 4 nitrogen and oxygen atoms in total. The molecule has 2 rings (SSSR count).